The lowest BCUT2D eigenvalue weighted by molar-refractivity contribution is -0.0497. The second-order valence-electron chi connectivity index (χ2n) is 5.18. The number of aromatic nitrogens is 1. The molecule has 0 saturated heterocycles. The number of aromatic carboxylic acids is 1. The standard InChI is InChI=1S/C17H9F2N3O4/c18-17(19)26-11-2-4-15-13(6-11)9(7-20)8-22(15)10-1-3-12(16(23)24)14(5-10)21-25/h1-6,8,17H,(H,23,24). The highest BCUT2D eigenvalue weighted by Crippen LogP contribution is 2.31. The quantitative estimate of drug-likeness (QED) is 0.689. The number of benzene rings is 2. The van der Waals surface area contributed by atoms with Crippen molar-refractivity contribution in [2.75, 3.05) is 0 Å². The van der Waals surface area contributed by atoms with Crippen LogP contribution < -0.4 is 4.74 Å². The van der Waals surface area contributed by atoms with Gasteiger partial charge in [-0.05, 0) is 41.6 Å². The average Bonchev–Trinajstić information content (AvgIpc) is 2.98. The van der Waals surface area contributed by atoms with E-state index in [0.717, 1.165) is 0 Å². The molecule has 1 N–H and O–H groups in total. The zero-order valence-corrected chi connectivity index (χ0v) is 12.9. The van der Waals surface area contributed by atoms with Crippen molar-refractivity contribution in [1.29, 1.82) is 5.26 Å². The zero-order chi connectivity index (χ0) is 18.8. The van der Waals surface area contributed by atoms with Crippen molar-refractivity contribution in [3.63, 3.8) is 0 Å². The van der Waals surface area contributed by atoms with Crippen molar-refractivity contribution in [3.05, 3.63) is 58.6 Å². The Balaban J connectivity index is 2.18. The van der Waals surface area contributed by atoms with E-state index in [1.165, 1.54) is 47.2 Å². The normalized spacial score (nSPS) is 10.7. The highest BCUT2D eigenvalue weighted by molar-refractivity contribution is 5.94. The number of rotatable bonds is 5. The molecular weight excluding hydrogens is 348 g/mol. The number of hydrogen-bond donors (Lipinski definition) is 1. The molecule has 1 heterocycles. The van der Waals surface area contributed by atoms with Crippen LogP contribution in [-0.4, -0.2) is 22.3 Å². The van der Waals surface area contributed by atoms with Crippen LogP contribution in [0, 0.1) is 16.2 Å². The summed E-state index contributed by atoms with van der Waals surface area (Å²) < 4.78 is 30.6. The maximum absolute atomic E-state index is 12.4. The SMILES string of the molecule is N#Cc1cn(-c2ccc(C(=O)O)c(N=O)c2)c2ccc(OC(F)F)cc12. The molecule has 0 radical (unpaired) electrons. The van der Waals surface area contributed by atoms with Crippen molar-refractivity contribution >= 4 is 22.6 Å². The first kappa shape index (κ1) is 17.0. The third-order valence-electron chi connectivity index (χ3n) is 3.71. The van der Waals surface area contributed by atoms with Gasteiger partial charge in [-0.3, -0.25) is 0 Å². The van der Waals surface area contributed by atoms with E-state index in [4.69, 9.17) is 5.11 Å². The molecular formula is C17H9F2N3O4. The number of carbonyl (C=O) groups is 1. The number of alkyl halides is 2. The molecule has 0 spiro atoms. The fourth-order valence-corrected chi connectivity index (χ4v) is 2.61. The summed E-state index contributed by atoms with van der Waals surface area (Å²) in [5.74, 6) is -1.40. The zero-order valence-electron chi connectivity index (χ0n) is 12.9. The van der Waals surface area contributed by atoms with Crippen molar-refractivity contribution < 1.29 is 23.4 Å². The van der Waals surface area contributed by atoms with E-state index in [-0.39, 0.29) is 22.6 Å². The molecule has 0 fully saturated rings. The molecule has 7 nitrogen and oxygen atoms in total. The Labute approximate surface area is 144 Å². The second kappa shape index (κ2) is 6.60. The summed E-state index contributed by atoms with van der Waals surface area (Å²) >= 11 is 0. The monoisotopic (exact) mass is 357 g/mol. The lowest BCUT2D eigenvalue weighted by Crippen LogP contribution is -2.01. The van der Waals surface area contributed by atoms with Gasteiger partial charge in [-0.25, -0.2) is 4.79 Å². The Bertz CT molecular complexity index is 1070. The van der Waals surface area contributed by atoms with Crippen LogP contribution in [0.5, 0.6) is 5.75 Å². The number of nitroso groups, excluding NO2 is 1. The number of nitrogens with zero attached hydrogens (tertiary/aromatic N) is 3. The summed E-state index contributed by atoms with van der Waals surface area (Å²) in [5, 5.41) is 21.4. The first-order chi connectivity index (χ1) is 12.4. The molecule has 26 heavy (non-hydrogen) atoms. The largest absolute Gasteiger partial charge is 0.478 e. The number of hydrogen-bond acceptors (Lipinski definition) is 5. The maximum atomic E-state index is 12.4. The Kier molecular flexibility index (Phi) is 4.33. The van der Waals surface area contributed by atoms with Gasteiger partial charge < -0.3 is 14.4 Å². The topological polar surface area (TPSA) is 105 Å². The van der Waals surface area contributed by atoms with E-state index in [1.807, 2.05) is 6.07 Å². The number of ether oxygens (including phenoxy) is 1. The fourth-order valence-electron chi connectivity index (χ4n) is 2.61. The molecule has 9 heteroatoms. The lowest BCUT2D eigenvalue weighted by atomic mass is 10.1. The molecule has 0 saturated carbocycles. The highest BCUT2D eigenvalue weighted by atomic mass is 19.3. The van der Waals surface area contributed by atoms with Gasteiger partial charge in [-0.15, -0.1) is 4.91 Å². The van der Waals surface area contributed by atoms with Gasteiger partial charge >= 0.3 is 12.6 Å². The minimum Gasteiger partial charge on any atom is -0.478 e. The van der Waals surface area contributed by atoms with Gasteiger partial charge in [0.2, 0.25) is 0 Å². The third-order valence-corrected chi connectivity index (χ3v) is 3.71. The van der Waals surface area contributed by atoms with Gasteiger partial charge in [-0.2, -0.15) is 14.0 Å². The smallest absolute Gasteiger partial charge is 0.387 e. The Morgan fingerprint density at radius 3 is 2.65 bits per heavy atom. The molecule has 1 aromatic heterocycles. The Morgan fingerprint density at radius 2 is 2.04 bits per heavy atom. The molecule has 0 aliphatic rings. The van der Waals surface area contributed by atoms with Crippen molar-refractivity contribution in [1.82, 2.24) is 4.57 Å². The molecule has 0 aliphatic heterocycles. The number of carboxylic acids is 1. The molecule has 3 aromatic rings. The summed E-state index contributed by atoms with van der Waals surface area (Å²) in [6.07, 6.45) is 1.45. The highest BCUT2D eigenvalue weighted by Gasteiger charge is 2.16. The molecule has 2 aromatic carbocycles. The van der Waals surface area contributed by atoms with Crippen LogP contribution >= 0.6 is 0 Å². The van der Waals surface area contributed by atoms with Gasteiger partial charge in [0.15, 0.2) is 0 Å². The lowest BCUT2D eigenvalue weighted by Gasteiger charge is -2.08. The van der Waals surface area contributed by atoms with Crippen LogP contribution in [0.15, 0.2) is 47.8 Å². The summed E-state index contributed by atoms with van der Waals surface area (Å²) in [6, 6.07) is 9.99. The molecule has 130 valence electrons. The van der Waals surface area contributed by atoms with Gasteiger partial charge in [0, 0.05) is 17.3 Å². The van der Waals surface area contributed by atoms with Crippen LogP contribution in [0.25, 0.3) is 16.6 Å². The van der Waals surface area contributed by atoms with E-state index in [9.17, 15) is 23.7 Å². The molecule has 0 bridgehead atoms. The van der Waals surface area contributed by atoms with Gasteiger partial charge in [0.25, 0.3) is 0 Å². The van der Waals surface area contributed by atoms with Crippen LogP contribution in [-0.2, 0) is 0 Å². The van der Waals surface area contributed by atoms with Crippen LogP contribution in [0.3, 0.4) is 0 Å². The number of halogens is 2. The molecule has 0 aliphatic carbocycles. The minimum absolute atomic E-state index is 0.0989. The predicted molar refractivity (Wildman–Crippen MR) is 87.0 cm³/mol. The number of nitriles is 1. The second-order valence-corrected chi connectivity index (χ2v) is 5.18. The predicted octanol–water partition coefficient (Wildman–Crippen LogP) is 4.20. The Hall–Kier alpha value is -3.80. The summed E-state index contributed by atoms with van der Waals surface area (Å²) in [4.78, 5) is 22.0. The molecule has 3 rings (SSSR count). The number of carboxylic acid groups (broad SMARTS) is 1. The van der Waals surface area contributed by atoms with Crippen molar-refractivity contribution in [2.45, 2.75) is 6.61 Å². The van der Waals surface area contributed by atoms with E-state index < -0.39 is 12.6 Å². The van der Waals surface area contributed by atoms with E-state index in [0.29, 0.717) is 16.6 Å². The summed E-state index contributed by atoms with van der Waals surface area (Å²) in [7, 11) is 0. The van der Waals surface area contributed by atoms with E-state index >= 15 is 0 Å². The first-order valence-electron chi connectivity index (χ1n) is 7.15. The number of fused-ring (bicyclic) bond motifs is 1. The molecule has 0 atom stereocenters. The summed E-state index contributed by atoms with van der Waals surface area (Å²) in [5.41, 5.74) is 0.547. The van der Waals surface area contributed by atoms with Crippen molar-refractivity contribution in [3.8, 4) is 17.5 Å². The van der Waals surface area contributed by atoms with Crippen LogP contribution in [0.1, 0.15) is 15.9 Å². The average molecular weight is 357 g/mol. The van der Waals surface area contributed by atoms with Crippen LogP contribution in [0.2, 0.25) is 0 Å². The Morgan fingerprint density at radius 1 is 1.27 bits per heavy atom. The fraction of sp³-hybridized carbons (Fsp3) is 0.0588. The van der Waals surface area contributed by atoms with Gasteiger partial charge in [0.1, 0.15) is 17.5 Å². The summed E-state index contributed by atoms with van der Waals surface area (Å²) in [6.45, 7) is -3.00. The van der Waals surface area contributed by atoms with Gasteiger partial charge in [-0.1, -0.05) is 0 Å². The van der Waals surface area contributed by atoms with Crippen molar-refractivity contribution in [2.24, 2.45) is 5.18 Å². The third kappa shape index (κ3) is 2.95. The van der Waals surface area contributed by atoms with Crippen LogP contribution in [0.4, 0.5) is 14.5 Å². The molecule has 0 unspecified atom stereocenters. The maximum Gasteiger partial charge on any atom is 0.387 e. The first-order valence-corrected chi connectivity index (χ1v) is 7.15. The molecule has 0 amide bonds. The minimum atomic E-state index is -3.00. The van der Waals surface area contributed by atoms with E-state index in [1.54, 1.807) is 0 Å². The van der Waals surface area contributed by atoms with E-state index in [2.05, 4.69) is 9.91 Å². The van der Waals surface area contributed by atoms with Gasteiger partial charge in [0.05, 0.1) is 16.6 Å².